The first kappa shape index (κ1) is 19.4. The number of fused-ring (bicyclic) bond motifs is 1. The summed E-state index contributed by atoms with van der Waals surface area (Å²) in [6.07, 6.45) is 5.40. The van der Waals surface area contributed by atoms with Gasteiger partial charge in [0.1, 0.15) is 16.5 Å². The standard InChI is InChI=1S/C20H29N5O2S/c1-15(2)20-22-17-14-24(12-9-18(17)23(20)3)19-8-7-16(13-21-19)28(26,27)25-10-5-4-6-11-25/h7-8,13,15H,4-6,9-12,14H2,1-3H3. The molecule has 0 unspecified atom stereocenters. The van der Waals surface area contributed by atoms with Gasteiger partial charge in [0.25, 0.3) is 0 Å². The van der Waals surface area contributed by atoms with Gasteiger partial charge in [-0.2, -0.15) is 4.31 Å². The first-order chi connectivity index (χ1) is 13.4. The summed E-state index contributed by atoms with van der Waals surface area (Å²) >= 11 is 0. The molecule has 0 amide bonds. The summed E-state index contributed by atoms with van der Waals surface area (Å²) < 4.78 is 29.4. The second-order valence-electron chi connectivity index (χ2n) is 8.07. The van der Waals surface area contributed by atoms with Crippen molar-refractivity contribution in [3.8, 4) is 0 Å². The lowest BCUT2D eigenvalue weighted by Gasteiger charge is -2.28. The number of aromatic nitrogens is 3. The van der Waals surface area contributed by atoms with Gasteiger partial charge in [0.2, 0.25) is 10.0 Å². The van der Waals surface area contributed by atoms with Crippen molar-refractivity contribution in [3.05, 3.63) is 35.5 Å². The molecule has 4 rings (SSSR count). The molecular formula is C20H29N5O2S. The number of pyridine rings is 1. The number of hydrogen-bond donors (Lipinski definition) is 0. The van der Waals surface area contributed by atoms with Gasteiger partial charge >= 0.3 is 0 Å². The van der Waals surface area contributed by atoms with Crippen molar-refractivity contribution in [1.82, 2.24) is 18.8 Å². The van der Waals surface area contributed by atoms with E-state index in [1.54, 1.807) is 10.4 Å². The van der Waals surface area contributed by atoms with Crippen LogP contribution in [0.1, 0.15) is 56.2 Å². The molecule has 8 heteroatoms. The van der Waals surface area contributed by atoms with Gasteiger partial charge in [-0.15, -0.1) is 0 Å². The number of hydrogen-bond acceptors (Lipinski definition) is 5. The molecule has 0 N–H and O–H groups in total. The van der Waals surface area contributed by atoms with Gasteiger partial charge in [0.15, 0.2) is 0 Å². The Kier molecular flexibility index (Phi) is 5.18. The van der Waals surface area contributed by atoms with Crippen LogP contribution < -0.4 is 4.90 Å². The molecule has 152 valence electrons. The summed E-state index contributed by atoms with van der Waals surface area (Å²) in [5.74, 6) is 2.31. The summed E-state index contributed by atoms with van der Waals surface area (Å²) in [5, 5.41) is 0. The first-order valence-electron chi connectivity index (χ1n) is 10.1. The van der Waals surface area contributed by atoms with Crippen LogP contribution in [0.25, 0.3) is 0 Å². The summed E-state index contributed by atoms with van der Waals surface area (Å²) in [7, 11) is -1.34. The Labute approximate surface area is 167 Å². The topological polar surface area (TPSA) is 71.3 Å². The van der Waals surface area contributed by atoms with E-state index in [0.717, 1.165) is 49.6 Å². The van der Waals surface area contributed by atoms with Crippen LogP contribution in [0.4, 0.5) is 5.82 Å². The second-order valence-corrected chi connectivity index (χ2v) is 10.0. The van der Waals surface area contributed by atoms with Gasteiger partial charge in [-0.05, 0) is 25.0 Å². The van der Waals surface area contributed by atoms with Crippen molar-refractivity contribution in [1.29, 1.82) is 0 Å². The van der Waals surface area contributed by atoms with Crippen LogP contribution in [-0.2, 0) is 30.0 Å². The van der Waals surface area contributed by atoms with E-state index >= 15 is 0 Å². The molecule has 0 aliphatic carbocycles. The van der Waals surface area contributed by atoms with E-state index < -0.39 is 10.0 Å². The maximum absolute atomic E-state index is 12.8. The fourth-order valence-electron chi connectivity index (χ4n) is 4.23. The first-order valence-corrected chi connectivity index (χ1v) is 11.6. The van der Waals surface area contributed by atoms with Crippen molar-refractivity contribution in [2.24, 2.45) is 7.05 Å². The average molecular weight is 404 g/mol. The molecule has 2 aromatic heterocycles. The fourth-order valence-corrected chi connectivity index (χ4v) is 5.69. The molecule has 2 aromatic rings. The third-order valence-corrected chi connectivity index (χ3v) is 7.69. The smallest absolute Gasteiger partial charge is 0.244 e. The largest absolute Gasteiger partial charge is 0.350 e. The molecule has 0 spiro atoms. The summed E-state index contributed by atoms with van der Waals surface area (Å²) in [6, 6.07) is 3.52. The van der Waals surface area contributed by atoms with Crippen molar-refractivity contribution < 1.29 is 8.42 Å². The van der Waals surface area contributed by atoms with Gasteiger partial charge in [0, 0.05) is 50.9 Å². The van der Waals surface area contributed by atoms with Gasteiger partial charge in [-0.3, -0.25) is 0 Å². The average Bonchev–Trinajstić information content (AvgIpc) is 3.05. The molecule has 1 saturated heterocycles. The monoisotopic (exact) mass is 403 g/mol. The van der Waals surface area contributed by atoms with Crippen LogP contribution in [0.5, 0.6) is 0 Å². The molecule has 28 heavy (non-hydrogen) atoms. The van der Waals surface area contributed by atoms with Crippen molar-refractivity contribution in [3.63, 3.8) is 0 Å². The summed E-state index contributed by atoms with van der Waals surface area (Å²) in [4.78, 5) is 11.8. The van der Waals surface area contributed by atoms with E-state index in [1.165, 1.54) is 11.9 Å². The highest BCUT2D eigenvalue weighted by Crippen LogP contribution is 2.27. The molecule has 0 radical (unpaired) electrons. The van der Waals surface area contributed by atoms with Gasteiger partial charge in [0.05, 0.1) is 12.2 Å². The van der Waals surface area contributed by atoms with E-state index in [4.69, 9.17) is 4.98 Å². The van der Waals surface area contributed by atoms with E-state index in [2.05, 4.69) is 35.3 Å². The zero-order valence-electron chi connectivity index (χ0n) is 16.9. The van der Waals surface area contributed by atoms with Gasteiger partial charge < -0.3 is 9.47 Å². The van der Waals surface area contributed by atoms with E-state index in [0.29, 0.717) is 25.6 Å². The molecule has 4 heterocycles. The number of imidazole rings is 1. The maximum Gasteiger partial charge on any atom is 0.244 e. The van der Waals surface area contributed by atoms with Crippen LogP contribution in [0.2, 0.25) is 0 Å². The van der Waals surface area contributed by atoms with Gasteiger partial charge in [-0.1, -0.05) is 20.3 Å². The fraction of sp³-hybridized carbons (Fsp3) is 0.600. The molecule has 7 nitrogen and oxygen atoms in total. The van der Waals surface area contributed by atoms with Crippen LogP contribution in [0.3, 0.4) is 0 Å². The summed E-state index contributed by atoms with van der Waals surface area (Å²) in [6.45, 7) is 7.10. The lowest BCUT2D eigenvalue weighted by atomic mass is 10.1. The Morgan fingerprint density at radius 3 is 2.46 bits per heavy atom. The molecule has 2 aliphatic heterocycles. The van der Waals surface area contributed by atoms with Crippen molar-refractivity contribution >= 4 is 15.8 Å². The highest BCUT2D eigenvalue weighted by molar-refractivity contribution is 7.89. The third-order valence-electron chi connectivity index (χ3n) is 5.80. The van der Waals surface area contributed by atoms with Crippen LogP contribution >= 0.6 is 0 Å². The predicted molar refractivity (Wildman–Crippen MR) is 109 cm³/mol. The number of anilines is 1. The minimum absolute atomic E-state index is 0.288. The SMILES string of the molecule is CC(C)c1nc2c(n1C)CCN(c1ccc(S(=O)(=O)N3CCCCC3)cn1)C2. The Morgan fingerprint density at radius 2 is 1.82 bits per heavy atom. The molecular weight excluding hydrogens is 374 g/mol. The predicted octanol–water partition coefficient (Wildman–Crippen LogP) is 2.68. The quantitative estimate of drug-likeness (QED) is 0.785. The molecule has 0 atom stereocenters. The van der Waals surface area contributed by atoms with Crippen LogP contribution in [0, 0.1) is 0 Å². The number of rotatable bonds is 4. The molecule has 0 aromatic carbocycles. The van der Waals surface area contributed by atoms with E-state index in [1.807, 2.05) is 6.07 Å². The Bertz CT molecular complexity index is 944. The number of piperidine rings is 1. The van der Waals surface area contributed by atoms with Crippen LogP contribution in [0.15, 0.2) is 23.2 Å². The van der Waals surface area contributed by atoms with Crippen molar-refractivity contribution in [2.45, 2.75) is 56.9 Å². The van der Waals surface area contributed by atoms with Crippen LogP contribution in [-0.4, -0.2) is 46.9 Å². The van der Waals surface area contributed by atoms with Gasteiger partial charge in [-0.25, -0.2) is 18.4 Å². The minimum Gasteiger partial charge on any atom is -0.350 e. The van der Waals surface area contributed by atoms with Crippen molar-refractivity contribution in [2.75, 3.05) is 24.5 Å². The Hall–Kier alpha value is -1.93. The van der Waals surface area contributed by atoms with E-state index in [-0.39, 0.29) is 4.90 Å². The Morgan fingerprint density at radius 1 is 1.07 bits per heavy atom. The zero-order chi connectivity index (χ0) is 19.9. The highest BCUT2D eigenvalue weighted by Gasteiger charge is 2.27. The number of sulfonamides is 1. The maximum atomic E-state index is 12.8. The molecule has 1 fully saturated rings. The zero-order valence-corrected chi connectivity index (χ0v) is 17.7. The molecule has 2 aliphatic rings. The molecule has 0 saturated carbocycles. The molecule has 0 bridgehead atoms. The minimum atomic E-state index is -3.43. The normalized spacial score (nSPS) is 18.5. The lowest BCUT2D eigenvalue weighted by molar-refractivity contribution is 0.346. The third kappa shape index (κ3) is 3.43. The number of nitrogens with zero attached hydrogens (tertiary/aromatic N) is 5. The van der Waals surface area contributed by atoms with E-state index in [9.17, 15) is 8.42 Å². The highest BCUT2D eigenvalue weighted by atomic mass is 32.2. The lowest BCUT2D eigenvalue weighted by Crippen LogP contribution is -2.35. The second kappa shape index (κ2) is 7.48. The summed E-state index contributed by atoms with van der Waals surface area (Å²) in [5.41, 5.74) is 2.40. The Balaban J connectivity index is 1.53.